The summed E-state index contributed by atoms with van der Waals surface area (Å²) in [6.45, 7) is 0. The van der Waals surface area contributed by atoms with Crippen LogP contribution in [0.3, 0.4) is 0 Å². The lowest BCUT2D eigenvalue weighted by Gasteiger charge is -2.14. The topological polar surface area (TPSA) is 38.9 Å². The van der Waals surface area contributed by atoms with Crippen molar-refractivity contribution in [3.05, 3.63) is 158 Å². The summed E-state index contributed by atoms with van der Waals surface area (Å²) in [5.74, 6) is 0.704. The minimum absolute atomic E-state index is 0.704. The highest BCUT2D eigenvalue weighted by atomic mass is 16.3. The Balaban J connectivity index is 1.29. The molecular formula is C44H26N2O. The Labute approximate surface area is 270 Å². The Bertz CT molecular complexity index is 2850. The fourth-order valence-electron chi connectivity index (χ4n) is 7.34. The monoisotopic (exact) mass is 598 g/mol. The Hall–Kier alpha value is -6.32. The number of nitrogens with zero attached hydrogens (tertiary/aromatic N) is 2. The summed E-state index contributed by atoms with van der Waals surface area (Å²) >= 11 is 0. The maximum Gasteiger partial charge on any atom is 0.160 e. The van der Waals surface area contributed by atoms with Crippen LogP contribution in [-0.4, -0.2) is 9.97 Å². The van der Waals surface area contributed by atoms with Crippen LogP contribution in [0.5, 0.6) is 0 Å². The summed E-state index contributed by atoms with van der Waals surface area (Å²) < 4.78 is 6.79. The molecule has 0 aliphatic heterocycles. The number of fused-ring (bicyclic) bond motifs is 11. The highest BCUT2D eigenvalue weighted by Crippen LogP contribution is 2.46. The maximum absolute atomic E-state index is 6.79. The lowest BCUT2D eigenvalue weighted by Crippen LogP contribution is -1.95. The van der Waals surface area contributed by atoms with E-state index < -0.39 is 0 Å². The van der Waals surface area contributed by atoms with Crippen LogP contribution < -0.4 is 0 Å². The average Bonchev–Trinajstić information content (AvgIpc) is 3.54. The zero-order chi connectivity index (χ0) is 30.9. The molecule has 10 aromatic rings. The molecule has 218 valence electrons. The van der Waals surface area contributed by atoms with Gasteiger partial charge < -0.3 is 4.42 Å². The first kappa shape index (κ1) is 26.0. The molecule has 0 N–H and O–H groups in total. The molecule has 47 heavy (non-hydrogen) atoms. The van der Waals surface area contributed by atoms with Crippen molar-refractivity contribution in [2.45, 2.75) is 0 Å². The van der Waals surface area contributed by atoms with Gasteiger partial charge in [-0.1, -0.05) is 133 Å². The normalized spacial score (nSPS) is 11.8. The van der Waals surface area contributed by atoms with E-state index in [1.165, 1.54) is 26.9 Å². The minimum Gasteiger partial charge on any atom is -0.455 e. The Morgan fingerprint density at radius 1 is 0.383 bits per heavy atom. The fraction of sp³-hybridized carbons (Fsp3) is 0. The molecule has 0 bridgehead atoms. The first-order chi connectivity index (χ1) is 23.3. The molecule has 0 fully saturated rings. The Morgan fingerprint density at radius 2 is 0.979 bits per heavy atom. The first-order valence-electron chi connectivity index (χ1n) is 15.9. The van der Waals surface area contributed by atoms with Crippen LogP contribution in [0.15, 0.2) is 162 Å². The molecule has 0 aliphatic carbocycles. The van der Waals surface area contributed by atoms with Gasteiger partial charge in [0.2, 0.25) is 0 Å². The van der Waals surface area contributed by atoms with Crippen LogP contribution in [0.4, 0.5) is 0 Å². The number of hydrogen-bond donors (Lipinski definition) is 0. The van der Waals surface area contributed by atoms with E-state index >= 15 is 0 Å². The summed E-state index contributed by atoms with van der Waals surface area (Å²) in [6.07, 6.45) is 0. The second-order valence-electron chi connectivity index (χ2n) is 12.1. The lowest BCUT2D eigenvalue weighted by molar-refractivity contribution is 0.673. The zero-order valence-corrected chi connectivity index (χ0v) is 25.3. The largest absolute Gasteiger partial charge is 0.455 e. The van der Waals surface area contributed by atoms with E-state index in [0.29, 0.717) is 5.82 Å². The van der Waals surface area contributed by atoms with Gasteiger partial charge in [0.15, 0.2) is 5.82 Å². The summed E-state index contributed by atoms with van der Waals surface area (Å²) in [5.41, 5.74) is 7.92. The quantitative estimate of drug-likeness (QED) is 0.190. The molecule has 3 heteroatoms. The highest BCUT2D eigenvalue weighted by Gasteiger charge is 2.21. The van der Waals surface area contributed by atoms with E-state index in [9.17, 15) is 0 Å². The summed E-state index contributed by atoms with van der Waals surface area (Å²) in [7, 11) is 0. The van der Waals surface area contributed by atoms with E-state index in [2.05, 4.69) is 133 Å². The second-order valence-corrected chi connectivity index (χ2v) is 12.1. The molecule has 0 unspecified atom stereocenters. The SMILES string of the molecule is c1ccc(-c2nc(-c3cccc(-c4cc5c6ccccc6c6ccccc6c5c5oc6ccccc6c45)c3)nc3ccccc23)cc1. The van der Waals surface area contributed by atoms with E-state index in [1.807, 2.05) is 24.3 Å². The van der Waals surface area contributed by atoms with Gasteiger partial charge in [-0.2, -0.15) is 0 Å². The molecule has 8 aromatic carbocycles. The predicted octanol–water partition coefficient (Wildman–Crippen LogP) is 12.0. The molecule has 0 amide bonds. The Kier molecular flexibility index (Phi) is 5.57. The predicted molar refractivity (Wildman–Crippen MR) is 196 cm³/mol. The van der Waals surface area contributed by atoms with Crippen molar-refractivity contribution in [1.82, 2.24) is 9.97 Å². The van der Waals surface area contributed by atoms with E-state index in [1.54, 1.807) is 0 Å². The smallest absolute Gasteiger partial charge is 0.160 e. The van der Waals surface area contributed by atoms with Crippen molar-refractivity contribution in [2.24, 2.45) is 0 Å². The number of benzene rings is 8. The van der Waals surface area contributed by atoms with Crippen LogP contribution >= 0.6 is 0 Å². The number of hydrogen-bond acceptors (Lipinski definition) is 3. The summed E-state index contributed by atoms with van der Waals surface area (Å²) in [4.78, 5) is 10.2. The lowest BCUT2D eigenvalue weighted by atomic mass is 9.89. The van der Waals surface area contributed by atoms with Crippen molar-refractivity contribution < 1.29 is 4.42 Å². The third-order valence-electron chi connectivity index (χ3n) is 9.44. The van der Waals surface area contributed by atoms with Gasteiger partial charge in [0, 0.05) is 32.7 Å². The third kappa shape index (κ3) is 3.93. The van der Waals surface area contributed by atoms with Gasteiger partial charge in [-0.25, -0.2) is 9.97 Å². The van der Waals surface area contributed by atoms with Crippen LogP contribution in [0.25, 0.3) is 98.9 Å². The highest BCUT2D eigenvalue weighted by molar-refractivity contribution is 6.34. The molecule has 2 aromatic heterocycles. The summed E-state index contributed by atoms with van der Waals surface area (Å²) in [5, 5.41) is 10.5. The van der Waals surface area contributed by atoms with E-state index in [4.69, 9.17) is 14.4 Å². The molecular weight excluding hydrogens is 572 g/mol. The number of furan rings is 1. The zero-order valence-electron chi connectivity index (χ0n) is 25.3. The standard InChI is InChI=1S/C44H26N2O/c1-2-13-27(14-3-1)42-34-21-8-10-23-38(34)45-44(46-42)29-16-12-15-28(25-29)36-26-37-32-19-5-4-17-30(32)31-18-6-7-20-33(31)40(37)43-41(36)35-22-9-11-24-39(35)47-43/h1-26H. The van der Waals surface area contributed by atoms with Crippen LogP contribution in [0.1, 0.15) is 0 Å². The van der Waals surface area contributed by atoms with Gasteiger partial charge in [-0.15, -0.1) is 0 Å². The number of rotatable bonds is 3. The maximum atomic E-state index is 6.79. The molecule has 0 aliphatic rings. The molecule has 2 heterocycles. The van der Waals surface area contributed by atoms with Gasteiger partial charge in [-0.05, 0) is 62.3 Å². The average molecular weight is 599 g/mol. The number of aromatic nitrogens is 2. The number of para-hydroxylation sites is 2. The van der Waals surface area contributed by atoms with Crippen LogP contribution in [-0.2, 0) is 0 Å². The van der Waals surface area contributed by atoms with E-state index in [-0.39, 0.29) is 0 Å². The molecule has 0 saturated heterocycles. The third-order valence-corrected chi connectivity index (χ3v) is 9.44. The fourth-order valence-corrected chi connectivity index (χ4v) is 7.34. The van der Waals surface area contributed by atoms with Gasteiger partial charge in [-0.3, -0.25) is 0 Å². The van der Waals surface area contributed by atoms with Gasteiger partial charge in [0.1, 0.15) is 11.2 Å². The van der Waals surface area contributed by atoms with Gasteiger partial charge in [0.05, 0.1) is 11.2 Å². The molecule has 3 nitrogen and oxygen atoms in total. The van der Waals surface area contributed by atoms with Gasteiger partial charge in [0.25, 0.3) is 0 Å². The molecule has 0 atom stereocenters. The molecule has 0 radical (unpaired) electrons. The summed E-state index contributed by atoms with van der Waals surface area (Å²) in [6, 6.07) is 55.4. The van der Waals surface area contributed by atoms with Gasteiger partial charge >= 0.3 is 0 Å². The second kappa shape index (κ2) is 10.1. The van der Waals surface area contributed by atoms with Crippen molar-refractivity contribution in [1.29, 1.82) is 0 Å². The van der Waals surface area contributed by atoms with Crippen LogP contribution in [0.2, 0.25) is 0 Å². The Morgan fingerprint density at radius 3 is 1.79 bits per heavy atom. The van der Waals surface area contributed by atoms with Crippen LogP contribution in [0, 0.1) is 0 Å². The molecule has 0 spiro atoms. The van der Waals surface area contributed by atoms with Crippen molar-refractivity contribution in [2.75, 3.05) is 0 Å². The van der Waals surface area contributed by atoms with Crippen molar-refractivity contribution >= 4 is 65.2 Å². The first-order valence-corrected chi connectivity index (χ1v) is 15.9. The molecule has 10 rings (SSSR count). The van der Waals surface area contributed by atoms with E-state index in [0.717, 1.165) is 66.2 Å². The van der Waals surface area contributed by atoms with Crippen molar-refractivity contribution in [3.63, 3.8) is 0 Å². The van der Waals surface area contributed by atoms with Crippen molar-refractivity contribution in [3.8, 4) is 33.8 Å². The molecule has 0 saturated carbocycles. The minimum atomic E-state index is 0.704.